The molecule has 1 aromatic carbocycles. The van der Waals surface area contributed by atoms with Gasteiger partial charge in [-0.2, -0.15) is 0 Å². The number of halogens is 1. The monoisotopic (exact) mass is 211 g/mol. The normalized spacial score (nSPS) is 12.3. The van der Waals surface area contributed by atoms with E-state index in [0.29, 0.717) is 11.1 Å². The van der Waals surface area contributed by atoms with Gasteiger partial charge in [-0.3, -0.25) is 0 Å². The molecule has 0 heterocycles. The zero-order valence-electron chi connectivity index (χ0n) is 8.79. The van der Waals surface area contributed by atoms with Gasteiger partial charge in [0.2, 0.25) is 0 Å². The number of ether oxygens (including phenoxy) is 1. The summed E-state index contributed by atoms with van der Waals surface area (Å²) in [6.45, 7) is 3.62. The molecule has 0 bridgehead atoms. The van der Waals surface area contributed by atoms with Crippen molar-refractivity contribution >= 4 is 5.97 Å². The average molecular weight is 211 g/mol. The van der Waals surface area contributed by atoms with Gasteiger partial charge in [-0.05, 0) is 31.0 Å². The molecule has 0 saturated heterocycles. The molecule has 0 aromatic heterocycles. The molecule has 0 fully saturated rings. The number of carbonyl (C=O) groups excluding carboxylic acids is 1. The molecular formula is C11H14FNO2. The third kappa shape index (κ3) is 2.76. The summed E-state index contributed by atoms with van der Waals surface area (Å²) in [7, 11) is 0. The Balaban J connectivity index is 2.86. The Kier molecular flexibility index (Phi) is 3.80. The highest BCUT2D eigenvalue weighted by Gasteiger charge is 2.17. The molecule has 1 atom stereocenters. The molecule has 4 heteroatoms. The van der Waals surface area contributed by atoms with Crippen LogP contribution in [0.4, 0.5) is 4.39 Å². The Morgan fingerprint density at radius 1 is 1.60 bits per heavy atom. The van der Waals surface area contributed by atoms with Crippen LogP contribution in [0.5, 0.6) is 0 Å². The maximum absolute atomic E-state index is 13.0. The first-order chi connectivity index (χ1) is 7.06. The molecule has 0 spiro atoms. The molecule has 1 aromatic rings. The van der Waals surface area contributed by atoms with Crippen molar-refractivity contribution in [1.82, 2.24) is 0 Å². The second kappa shape index (κ2) is 4.89. The van der Waals surface area contributed by atoms with Gasteiger partial charge in [0, 0.05) is 0 Å². The van der Waals surface area contributed by atoms with Crippen molar-refractivity contribution in [3.8, 4) is 0 Å². The summed E-state index contributed by atoms with van der Waals surface area (Å²) in [4.78, 5) is 11.3. The minimum absolute atomic E-state index is 0.284. The highest BCUT2D eigenvalue weighted by atomic mass is 19.1. The minimum atomic E-state index is -0.843. The van der Waals surface area contributed by atoms with E-state index in [2.05, 4.69) is 0 Å². The summed E-state index contributed by atoms with van der Waals surface area (Å²) in [6, 6.07) is 3.49. The van der Waals surface area contributed by atoms with Crippen LogP contribution in [0.3, 0.4) is 0 Å². The van der Waals surface area contributed by atoms with Gasteiger partial charge in [0.25, 0.3) is 0 Å². The zero-order valence-corrected chi connectivity index (χ0v) is 8.79. The number of hydrogen-bond acceptors (Lipinski definition) is 3. The lowest BCUT2D eigenvalue weighted by atomic mass is 10.1. The van der Waals surface area contributed by atoms with E-state index in [-0.39, 0.29) is 12.4 Å². The van der Waals surface area contributed by atoms with E-state index in [9.17, 15) is 9.18 Å². The van der Waals surface area contributed by atoms with E-state index >= 15 is 0 Å². The fraction of sp³-hybridized carbons (Fsp3) is 0.364. The molecule has 0 saturated carbocycles. The van der Waals surface area contributed by atoms with Crippen LogP contribution in [0, 0.1) is 12.7 Å². The largest absolute Gasteiger partial charge is 0.465 e. The van der Waals surface area contributed by atoms with Gasteiger partial charge < -0.3 is 10.5 Å². The summed E-state index contributed by atoms with van der Waals surface area (Å²) in [5.74, 6) is -0.807. The molecule has 15 heavy (non-hydrogen) atoms. The number of hydrogen-bond donors (Lipinski definition) is 1. The molecule has 1 unspecified atom stereocenters. The maximum atomic E-state index is 13.0. The Hall–Kier alpha value is -1.42. The standard InChI is InChI=1S/C11H14FNO2/c1-3-15-11(14)10(13)8-4-5-9(12)7(2)6-8/h4-6,10H,3,13H2,1-2H3. The number of carbonyl (C=O) groups is 1. The van der Waals surface area contributed by atoms with Crippen LogP contribution in [0.15, 0.2) is 18.2 Å². The SMILES string of the molecule is CCOC(=O)C(N)c1ccc(F)c(C)c1. The molecule has 0 aliphatic rings. The first-order valence-corrected chi connectivity index (χ1v) is 4.74. The lowest BCUT2D eigenvalue weighted by Gasteiger charge is -2.11. The Labute approximate surface area is 88.0 Å². The van der Waals surface area contributed by atoms with E-state index in [1.54, 1.807) is 19.9 Å². The number of benzene rings is 1. The second-order valence-corrected chi connectivity index (χ2v) is 3.24. The van der Waals surface area contributed by atoms with Gasteiger partial charge in [-0.15, -0.1) is 0 Å². The first kappa shape index (κ1) is 11.7. The highest BCUT2D eigenvalue weighted by Crippen LogP contribution is 2.15. The van der Waals surface area contributed by atoms with E-state index in [0.717, 1.165) is 0 Å². The average Bonchev–Trinajstić information content (AvgIpc) is 2.21. The van der Waals surface area contributed by atoms with Crippen LogP contribution >= 0.6 is 0 Å². The quantitative estimate of drug-likeness (QED) is 0.774. The Morgan fingerprint density at radius 3 is 2.80 bits per heavy atom. The number of aryl methyl sites for hydroxylation is 1. The highest BCUT2D eigenvalue weighted by molar-refractivity contribution is 5.77. The van der Waals surface area contributed by atoms with Crippen molar-refractivity contribution in [2.75, 3.05) is 6.61 Å². The molecule has 0 aliphatic carbocycles. The van der Waals surface area contributed by atoms with Crippen molar-refractivity contribution in [2.45, 2.75) is 19.9 Å². The van der Waals surface area contributed by atoms with Crippen LogP contribution in [0.25, 0.3) is 0 Å². The fourth-order valence-electron chi connectivity index (χ4n) is 1.23. The van der Waals surface area contributed by atoms with E-state index in [4.69, 9.17) is 10.5 Å². The minimum Gasteiger partial charge on any atom is -0.465 e. The molecule has 0 amide bonds. The van der Waals surface area contributed by atoms with Gasteiger partial charge in [-0.1, -0.05) is 12.1 Å². The maximum Gasteiger partial charge on any atom is 0.327 e. The fourth-order valence-corrected chi connectivity index (χ4v) is 1.23. The van der Waals surface area contributed by atoms with Crippen molar-refractivity contribution in [3.63, 3.8) is 0 Å². The predicted octanol–water partition coefficient (Wildman–Crippen LogP) is 1.70. The summed E-state index contributed by atoms with van der Waals surface area (Å²) in [5.41, 5.74) is 6.67. The summed E-state index contributed by atoms with van der Waals surface area (Å²) >= 11 is 0. The van der Waals surface area contributed by atoms with E-state index in [1.165, 1.54) is 12.1 Å². The van der Waals surface area contributed by atoms with E-state index < -0.39 is 12.0 Å². The summed E-state index contributed by atoms with van der Waals surface area (Å²) in [5, 5.41) is 0. The molecule has 82 valence electrons. The third-order valence-corrected chi connectivity index (χ3v) is 2.08. The summed E-state index contributed by atoms with van der Waals surface area (Å²) < 4.78 is 17.7. The number of nitrogens with two attached hydrogens (primary N) is 1. The Bertz CT molecular complexity index is 366. The number of esters is 1. The van der Waals surface area contributed by atoms with E-state index in [1.807, 2.05) is 0 Å². The van der Waals surface area contributed by atoms with Crippen molar-refractivity contribution in [1.29, 1.82) is 0 Å². The van der Waals surface area contributed by atoms with Gasteiger partial charge in [0.05, 0.1) is 6.61 Å². The van der Waals surface area contributed by atoms with Crippen LogP contribution in [0.1, 0.15) is 24.1 Å². The molecule has 2 N–H and O–H groups in total. The molecule has 0 radical (unpaired) electrons. The van der Waals surface area contributed by atoms with Crippen molar-refractivity contribution < 1.29 is 13.9 Å². The van der Waals surface area contributed by atoms with Crippen LogP contribution in [-0.4, -0.2) is 12.6 Å². The van der Waals surface area contributed by atoms with Gasteiger partial charge in [0.1, 0.15) is 11.9 Å². The lowest BCUT2D eigenvalue weighted by Crippen LogP contribution is -2.23. The van der Waals surface area contributed by atoms with Crippen LogP contribution in [0.2, 0.25) is 0 Å². The van der Waals surface area contributed by atoms with Gasteiger partial charge in [0.15, 0.2) is 0 Å². The van der Waals surface area contributed by atoms with Crippen molar-refractivity contribution in [2.24, 2.45) is 5.73 Å². The molecular weight excluding hydrogens is 197 g/mol. The second-order valence-electron chi connectivity index (χ2n) is 3.24. The lowest BCUT2D eigenvalue weighted by molar-refractivity contribution is -0.144. The molecule has 0 aliphatic heterocycles. The topological polar surface area (TPSA) is 52.3 Å². The van der Waals surface area contributed by atoms with Crippen molar-refractivity contribution in [3.05, 3.63) is 35.1 Å². The predicted molar refractivity (Wildman–Crippen MR) is 54.7 cm³/mol. The Morgan fingerprint density at radius 2 is 2.27 bits per heavy atom. The van der Waals surface area contributed by atoms with Crippen LogP contribution in [-0.2, 0) is 9.53 Å². The summed E-state index contributed by atoms with van der Waals surface area (Å²) in [6.07, 6.45) is 0. The first-order valence-electron chi connectivity index (χ1n) is 4.74. The van der Waals surface area contributed by atoms with Crippen LogP contribution < -0.4 is 5.73 Å². The van der Waals surface area contributed by atoms with Gasteiger partial charge in [-0.25, -0.2) is 9.18 Å². The smallest absolute Gasteiger partial charge is 0.327 e. The number of rotatable bonds is 3. The zero-order chi connectivity index (χ0) is 11.4. The molecule has 3 nitrogen and oxygen atoms in total. The molecule has 1 rings (SSSR count). The van der Waals surface area contributed by atoms with Gasteiger partial charge >= 0.3 is 5.97 Å². The third-order valence-electron chi connectivity index (χ3n) is 2.08.